The van der Waals surface area contributed by atoms with Gasteiger partial charge in [-0.15, -0.1) is 0 Å². The summed E-state index contributed by atoms with van der Waals surface area (Å²) >= 11 is 5.07. The van der Waals surface area contributed by atoms with Crippen LogP contribution in [0.1, 0.15) is 38.3 Å². The Morgan fingerprint density at radius 1 is 1.53 bits per heavy atom. The lowest BCUT2D eigenvalue weighted by atomic mass is 9.90. The Morgan fingerprint density at radius 3 is 2.71 bits per heavy atom. The zero-order chi connectivity index (χ0) is 13.1. The third-order valence-corrected chi connectivity index (χ3v) is 3.30. The lowest BCUT2D eigenvalue weighted by Crippen LogP contribution is -2.24. The molecule has 94 valence electrons. The summed E-state index contributed by atoms with van der Waals surface area (Å²) in [7, 11) is 0. The Balaban J connectivity index is 2.92. The Labute approximate surface area is 109 Å². The molecule has 0 aromatic carbocycles. The van der Waals surface area contributed by atoms with Crippen molar-refractivity contribution < 1.29 is 0 Å². The second-order valence-corrected chi connectivity index (χ2v) is 5.53. The second kappa shape index (κ2) is 5.45. The average Bonchev–Trinajstić information content (AvgIpc) is 2.26. The number of nitrogens with one attached hydrogen (secondary N) is 1. The Bertz CT molecular complexity index is 413. The summed E-state index contributed by atoms with van der Waals surface area (Å²) in [6.45, 7) is 9.47. The van der Waals surface area contributed by atoms with Crippen LogP contribution >= 0.6 is 12.2 Å². The van der Waals surface area contributed by atoms with Gasteiger partial charge in [0, 0.05) is 12.7 Å². The molecule has 0 aliphatic heterocycles. The summed E-state index contributed by atoms with van der Waals surface area (Å²) in [5, 5.41) is 3.35. The van der Waals surface area contributed by atoms with E-state index in [2.05, 4.69) is 31.1 Å². The molecule has 3 nitrogen and oxygen atoms in total. The van der Waals surface area contributed by atoms with Crippen LogP contribution in [0.3, 0.4) is 0 Å². The number of aryl methyl sites for hydroxylation is 1. The smallest absolute Gasteiger partial charge is 0.136 e. The highest BCUT2D eigenvalue weighted by atomic mass is 32.1. The van der Waals surface area contributed by atoms with E-state index >= 15 is 0 Å². The van der Waals surface area contributed by atoms with Gasteiger partial charge in [0.2, 0.25) is 0 Å². The molecule has 1 heterocycles. The van der Waals surface area contributed by atoms with Crippen molar-refractivity contribution in [3.05, 3.63) is 23.4 Å². The SMILES string of the molecule is CCC(C)(C)CNc1nccc(C)c1C(N)=S. The average molecular weight is 251 g/mol. The summed E-state index contributed by atoms with van der Waals surface area (Å²) < 4.78 is 0. The minimum atomic E-state index is 0.235. The van der Waals surface area contributed by atoms with Crippen molar-refractivity contribution in [1.82, 2.24) is 4.98 Å². The third-order valence-electron chi connectivity index (χ3n) is 3.10. The topological polar surface area (TPSA) is 50.9 Å². The van der Waals surface area contributed by atoms with Crippen LogP contribution in [0.25, 0.3) is 0 Å². The van der Waals surface area contributed by atoms with Gasteiger partial charge in [-0.2, -0.15) is 0 Å². The van der Waals surface area contributed by atoms with Crippen molar-refractivity contribution in [2.45, 2.75) is 34.1 Å². The molecule has 4 heteroatoms. The first-order valence-electron chi connectivity index (χ1n) is 5.86. The van der Waals surface area contributed by atoms with Gasteiger partial charge in [-0.1, -0.05) is 33.0 Å². The lowest BCUT2D eigenvalue weighted by Gasteiger charge is -2.24. The normalized spacial score (nSPS) is 11.3. The van der Waals surface area contributed by atoms with Crippen LogP contribution in [-0.4, -0.2) is 16.5 Å². The Hall–Kier alpha value is -1.16. The van der Waals surface area contributed by atoms with Crippen molar-refractivity contribution in [1.29, 1.82) is 0 Å². The number of nitrogens with zero attached hydrogens (tertiary/aromatic N) is 1. The van der Waals surface area contributed by atoms with Crippen molar-refractivity contribution in [3.8, 4) is 0 Å². The fraction of sp³-hybridized carbons (Fsp3) is 0.538. The fourth-order valence-electron chi connectivity index (χ4n) is 1.45. The van der Waals surface area contributed by atoms with Gasteiger partial charge in [0.15, 0.2) is 0 Å². The third kappa shape index (κ3) is 3.66. The van der Waals surface area contributed by atoms with Crippen LogP contribution in [0.2, 0.25) is 0 Å². The van der Waals surface area contributed by atoms with Crippen LogP contribution in [0.4, 0.5) is 5.82 Å². The molecule has 0 atom stereocenters. The number of thiocarbonyl (C=S) groups is 1. The maximum atomic E-state index is 5.74. The molecule has 17 heavy (non-hydrogen) atoms. The first-order chi connectivity index (χ1) is 7.87. The maximum Gasteiger partial charge on any atom is 0.136 e. The van der Waals surface area contributed by atoms with Gasteiger partial charge < -0.3 is 11.1 Å². The summed E-state index contributed by atoms with van der Waals surface area (Å²) in [6, 6.07) is 1.92. The van der Waals surface area contributed by atoms with E-state index in [-0.39, 0.29) is 5.41 Å². The minimum Gasteiger partial charge on any atom is -0.389 e. The maximum absolute atomic E-state index is 5.74. The Morgan fingerprint density at radius 2 is 2.18 bits per heavy atom. The van der Waals surface area contributed by atoms with E-state index < -0.39 is 0 Å². The molecule has 0 radical (unpaired) electrons. The first kappa shape index (κ1) is 13.9. The van der Waals surface area contributed by atoms with Crippen LogP contribution in [0.5, 0.6) is 0 Å². The molecular formula is C13H21N3S. The van der Waals surface area contributed by atoms with E-state index in [1.54, 1.807) is 6.20 Å². The van der Waals surface area contributed by atoms with Gasteiger partial charge in [-0.25, -0.2) is 4.98 Å². The number of rotatable bonds is 5. The van der Waals surface area contributed by atoms with Gasteiger partial charge in [0.1, 0.15) is 10.8 Å². The van der Waals surface area contributed by atoms with Crippen LogP contribution in [0, 0.1) is 12.3 Å². The number of nitrogens with two attached hydrogens (primary N) is 1. The largest absolute Gasteiger partial charge is 0.389 e. The highest BCUT2D eigenvalue weighted by Gasteiger charge is 2.17. The molecule has 0 aliphatic rings. The molecule has 1 rings (SSSR count). The quantitative estimate of drug-likeness (QED) is 0.790. The standard InChI is InChI=1S/C13H21N3S/c1-5-13(3,4)8-16-12-10(11(14)17)9(2)6-7-15-12/h6-7H,5,8H2,1-4H3,(H2,14,17)(H,15,16). The van der Waals surface area contributed by atoms with E-state index in [1.807, 2.05) is 13.0 Å². The molecule has 0 amide bonds. The van der Waals surface area contributed by atoms with Gasteiger partial charge in [-0.3, -0.25) is 0 Å². The molecule has 0 bridgehead atoms. The van der Waals surface area contributed by atoms with Crippen LogP contribution < -0.4 is 11.1 Å². The number of aromatic nitrogens is 1. The predicted octanol–water partition coefficient (Wildman–Crippen LogP) is 2.87. The van der Waals surface area contributed by atoms with Gasteiger partial charge >= 0.3 is 0 Å². The predicted molar refractivity (Wildman–Crippen MR) is 77.4 cm³/mol. The molecule has 3 N–H and O–H groups in total. The lowest BCUT2D eigenvalue weighted by molar-refractivity contribution is 0.376. The van der Waals surface area contributed by atoms with Crippen LogP contribution in [0.15, 0.2) is 12.3 Å². The van der Waals surface area contributed by atoms with E-state index in [4.69, 9.17) is 18.0 Å². The second-order valence-electron chi connectivity index (χ2n) is 5.09. The molecule has 0 aliphatic carbocycles. The number of hydrogen-bond acceptors (Lipinski definition) is 3. The summed E-state index contributed by atoms with van der Waals surface area (Å²) in [6.07, 6.45) is 2.88. The molecule has 1 aromatic heterocycles. The highest BCUT2D eigenvalue weighted by Crippen LogP contribution is 2.22. The van der Waals surface area contributed by atoms with E-state index in [1.165, 1.54) is 0 Å². The number of pyridine rings is 1. The first-order valence-corrected chi connectivity index (χ1v) is 6.27. The van der Waals surface area contributed by atoms with Crippen molar-refractivity contribution in [2.75, 3.05) is 11.9 Å². The molecule has 0 saturated carbocycles. The Kier molecular flexibility index (Phi) is 4.46. The zero-order valence-corrected chi connectivity index (χ0v) is 11.8. The van der Waals surface area contributed by atoms with Gasteiger partial charge in [0.05, 0.1) is 5.56 Å². The highest BCUT2D eigenvalue weighted by molar-refractivity contribution is 7.80. The van der Waals surface area contributed by atoms with Gasteiger partial charge in [-0.05, 0) is 30.4 Å². The number of hydrogen-bond donors (Lipinski definition) is 2. The van der Waals surface area contributed by atoms with Crippen molar-refractivity contribution in [3.63, 3.8) is 0 Å². The molecule has 0 fully saturated rings. The molecule has 0 unspecified atom stereocenters. The van der Waals surface area contributed by atoms with Crippen LogP contribution in [-0.2, 0) is 0 Å². The van der Waals surface area contributed by atoms with E-state index in [9.17, 15) is 0 Å². The molecule has 1 aromatic rings. The van der Waals surface area contributed by atoms with E-state index in [0.717, 1.165) is 29.9 Å². The number of anilines is 1. The van der Waals surface area contributed by atoms with Crippen molar-refractivity contribution >= 4 is 23.0 Å². The van der Waals surface area contributed by atoms with E-state index in [0.29, 0.717) is 4.99 Å². The minimum absolute atomic E-state index is 0.235. The fourth-order valence-corrected chi connectivity index (χ4v) is 1.71. The summed E-state index contributed by atoms with van der Waals surface area (Å²) in [5.74, 6) is 0.791. The summed E-state index contributed by atoms with van der Waals surface area (Å²) in [4.78, 5) is 4.72. The molecule has 0 spiro atoms. The molecule has 0 saturated heterocycles. The molecular weight excluding hydrogens is 230 g/mol. The van der Waals surface area contributed by atoms with Crippen molar-refractivity contribution in [2.24, 2.45) is 11.1 Å². The monoisotopic (exact) mass is 251 g/mol. The summed E-state index contributed by atoms with van der Waals surface area (Å²) in [5.41, 5.74) is 7.89. The van der Waals surface area contributed by atoms with Gasteiger partial charge in [0.25, 0.3) is 0 Å². The zero-order valence-electron chi connectivity index (χ0n) is 11.0.